The third kappa shape index (κ3) is 3.21. The van der Waals surface area contributed by atoms with Crippen LogP contribution in [-0.2, 0) is 6.18 Å². The zero-order valence-electron chi connectivity index (χ0n) is 11.6. The van der Waals surface area contributed by atoms with Crippen molar-refractivity contribution in [2.24, 2.45) is 0 Å². The van der Waals surface area contributed by atoms with Crippen LogP contribution in [0.15, 0.2) is 22.7 Å². The van der Waals surface area contributed by atoms with Gasteiger partial charge in [0.2, 0.25) is 0 Å². The number of hydrogen-bond donors (Lipinski definition) is 2. The van der Waals surface area contributed by atoms with Crippen molar-refractivity contribution < 1.29 is 13.2 Å². The number of piperidine rings is 1. The van der Waals surface area contributed by atoms with E-state index in [0.717, 1.165) is 38.3 Å². The maximum atomic E-state index is 13.1. The molecule has 1 aliphatic heterocycles. The average Bonchev–Trinajstić information content (AvgIpc) is 2.38. The number of benzene rings is 1. The van der Waals surface area contributed by atoms with Gasteiger partial charge < -0.3 is 10.6 Å². The van der Waals surface area contributed by atoms with Gasteiger partial charge in [0, 0.05) is 21.7 Å². The maximum absolute atomic E-state index is 13.1. The van der Waals surface area contributed by atoms with E-state index >= 15 is 0 Å². The van der Waals surface area contributed by atoms with Gasteiger partial charge in [-0.2, -0.15) is 13.2 Å². The monoisotopic (exact) mass is 362 g/mol. The SMILES string of the molecule is FC(F)(F)c1cc(Br)ccc1NC1CCNC2(CCC2)C1. The Bertz CT molecular complexity index is 526. The van der Waals surface area contributed by atoms with Crippen molar-refractivity contribution in [3.8, 4) is 0 Å². The molecule has 1 aromatic carbocycles. The zero-order chi connectivity index (χ0) is 15.1. The van der Waals surface area contributed by atoms with Crippen LogP contribution in [0.1, 0.15) is 37.7 Å². The molecule has 1 aromatic rings. The van der Waals surface area contributed by atoms with E-state index in [9.17, 15) is 13.2 Å². The van der Waals surface area contributed by atoms with E-state index in [-0.39, 0.29) is 17.3 Å². The molecule has 1 saturated carbocycles. The van der Waals surface area contributed by atoms with Gasteiger partial charge in [-0.3, -0.25) is 0 Å². The lowest BCUT2D eigenvalue weighted by Gasteiger charge is -2.48. The molecule has 0 aromatic heterocycles. The zero-order valence-corrected chi connectivity index (χ0v) is 13.1. The summed E-state index contributed by atoms with van der Waals surface area (Å²) < 4.78 is 39.9. The van der Waals surface area contributed by atoms with Crippen LogP contribution in [-0.4, -0.2) is 18.1 Å². The first-order valence-electron chi connectivity index (χ1n) is 7.26. The van der Waals surface area contributed by atoms with E-state index in [1.54, 1.807) is 6.07 Å². The molecule has 0 amide bonds. The molecule has 0 bridgehead atoms. The predicted octanol–water partition coefficient (Wildman–Crippen LogP) is 4.55. The van der Waals surface area contributed by atoms with Gasteiger partial charge in [-0.25, -0.2) is 0 Å². The molecule has 6 heteroatoms. The fourth-order valence-corrected chi connectivity index (χ4v) is 3.72. The lowest BCUT2D eigenvalue weighted by atomic mass is 9.70. The molecular formula is C15H18BrF3N2. The Morgan fingerprint density at radius 1 is 1.29 bits per heavy atom. The Morgan fingerprint density at radius 3 is 2.67 bits per heavy atom. The van der Waals surface area contributed by atoms with E-state index in [2.05, 4.69) is 26.6 Å². The summed E-state index contributed by atoms with van der Waals surface area (Å²) >= 11 is 3.11. The molecule has 21 heavy (non-hydrogen) atoms. The van der Waals surface area contributed by atoms with Crippen LogP contribution >= 0.6 is 15.9 Å². The summed E-state index contributed by atoms with van der Waals surface area (Å²) in [6, 6.07) is 4.41. The minimum Gasteiger partial charge on any atom is -0.382 e. The van der Waals surface area contributed by atoms with E-state index in [4.69, 9.17) is 0 Å². The molecular weight excluding hydrogens is 345 g/mol. The Hall–Kier alpha value is -0.750. The van der Waals surface area contributed by atoms with Gasteiger partial charge in [-0.1, -0.05) is 15.9 Å². The van der Waals surface area contributed by atoms with Crippen LogP contribution in [0.2, 0.25) is 0 Å². The smallest absolute Gasteiger partial charge is 0.382 e. The molecule has 1 unspecified atom stereocenters. The third-order valence-corrected chi connectivity index (χ3v) is 5.08. The van der Waals surface area contributed by atoms with Gasteiger partial charge in [0.15, 0.2) is 0 Å². The lowest BCUT2D eigenvalue weighted by Crippen LogP contribution is -2.58. The average molecular weight is 363 g/mol. The number of halogens is 4. The fraction of sp³-hybridized carbons (Fsp3) is 0.600. The maximum Gasteiger partial charge on any atom is 0.418 e. The van der Waals surface area contributed by atoms with E-state index in [0.29, 0.717) is 4.47 Å². The van der Waals surface area contributed by atoms with Crippen LogP contribution in [0.4, 0.5) is 18.9 Å². The van der Waals surface area contributed by atoms with Crippen molar-refractivity contribution in [2.45, 2.75) is 49.9 Å². The standard InChI is InChI=1S/C15H18BrF3N2/c16-10-2-3-13(12(8-10)15(17,18)19)21-11-4-7-20-14(9-11)5-1-6-14/h2-3,8,11,20-21H,1,4-7,9H2. The topological polar surface area (TPSA) is 24.1 Å². The van der Waals surface area contributed by atoms with Gasteiger partial charge >= 0.3 is 6.18 Å². The van der Waals surface area contributed by atoms with Crippen molar-refractivity contribution in [3.63, 3.8) is 0 Å². The molecule has 2 nitrogen and oxygen atoms in total. The number of alkyl halides is 3. The van der Waals surface area contributed by atoms with Crippen molar-refractivity contribution in [2.75, 3.05) is 11.9 Å². The quantitative estimate of drug-likeness (QED) is 0.805. The summed E-state index contributed by atoms with van der Waals surface area (Å²) in [6.45, 7) is 0.871. The van der Waals surface area contributed by atoms with Crippen LogP contribution in [0.5, 0.6) is 0 Å². The summed E-state index contributed by atoms with van der Waals surface area (Å²) in [6.07, 6.45) is 0.907. The number of nitrogens with one attached hydrogen (secondary N) is 2. The largest absolute Gasteiger partial charge is 0.418 e. The summed E-state index contributed by atoms with van der Waals surface area (Å²) in [4.78, 5) is 0. The summed E-state index contributed by atoms with van der Waals surface area (Å²) in [5, 5.41) is 6.66. The van der Waals surface area contributed by atoms with Gasteiger partial charge in [0.05, 0.1) is 5.56 Å². The molecule has 1 saturated heterocycles. The van der Waals surface area contributed by atoms with Crippen LogP contribution in [0.3, 0.4) is 0 Å². The van der Waals surface area contributed by atoms with E-state index in [1.807, 2.05) is 0 Å². The first-order chi connectivity index (χ1) is 9.88. The van der Waals surface area contributed by atoms with Crippen molar-refractivity contribution in [3.05, 3.63) is 28.2 Å². The molecule has 1 heterocycles. The Balaban J connectivity index is 1.78. The molecule has 2 fully saturated rings. The summed E-state index contributed by atoms with van der Waals surface area (Å²) in [5.74, 6) is 0. The Labute approximate surface area is 130 Å². The second kappa shape index (κ2) is 5.47. The normalized spacial score (nSPS) is 24.7. The molecule has 3 rings (SSSR count). The van der Waals surface area contributed by atoms with Crippen LogP contribution in [0.25, 0.3) is 0 Å². The summed E-state index contributed by atoms with van der Waals surface area (Å²) in [5.41, 5.74) is -0.242. The van der Waals surface area contributed by atoms with Crippen LogP contribution in [0, 0.1) is 0 Å². The number of anilines is 1. The van der Waals surface area contributed by atoms with Crippen molar-refractivity contribution in [1.82, 2.24) is 5.32 Å². The predicted molar refractivity (Wildman–Crippen MR) is 80.4 cm³/mol. The lowest BCUT2D eigenvalue weighted by molar-refractivity contribution is -0.137. The highest BCUT2D eigenvalue weighted by Gasteiger charge is 2.41. The van der Waals surface area contributed by atoms with Gasteiger partial charge in [0.25, 0.3) is 0 Å². The minimum atomic E-state index is -4.34. The Morgan fingerprint density at radius 2 is 2.05 bits per heavy atom. The minimum absolute atomic E-state index is 0.105. The van der Waals surface area contributed by atoms with E-state index < -0.39 is 11.7 Å². The van der Waals surface area contributed by atoms with Crippen LogP contribution < -0.4 is 10.6 Å². The molecule has 0 radical (unpaired) electrons. The molecule has 116 valence electrons. The molecule has 2 aliphatic rings. The second-order valence-corrected chi connectivity index (χ2v) is 7.00. The van der Waals surface area contributed by atoms with Gasteiger partial charge in [0.1, 0.15) is 0 Å². The number of rotatable bonds is 2. The summed E-state index contributed by atoms with van der Waals surface area (Å²) in [7, 11) is 0. The second-order valence-electron chi connectivity index (χ2n) is 6.08. The molecule has 1 aliphatic carbocycles. The highest BCUT2D eigenvalue weighted by atomic mass is 79.9. The highest BCUT2D eigenvalue weighted by molar-refractivity contribution is 9.10. The third-order valence-electron chi connectivity index (χ3n) is 4.59. The first kappa shape index (κ1) is 15.2. The molecule has 1 spiro atoms. The fourth-order valence-electron chi connectivity index (χ4n) is 3.36. The van der Waals surface area contributed by atoms with E-state index in [1.165, 1.54) is 12.5 Å². The van der Waals surface area contributed by atoms with Gasteiger partial charge in [-0.05, 0) is 56.8 Å². The first-order valence-corrected chi connectivity index (χ1v) is 8.06. The molecule has 2 N–H and O–H groups in total. The Kier molecular flexibility index (Phi) is 3.94. The van der Waals surface area contributed by atoms with Crippen molar-refractivity contribution in [1.29, 1.82) is 0 Å². The van der Waals surface area contributed by atoms with Gasteiger partial charge in [-0.15, -0.1) is 0 Å². The highest BCUT2D eigenvalue weighted by Crippen LogP contribution is 2.41. The molecule has 1 atom stereocenters. The number of hydrogen-bond acceptors (Lipinski definition) is 2. The van der Waals surface area contributed by atoms with Crippen molar-refractivity contribution >= 4 is 21.6 Å².